The van der Waals surface area contributed by atoms with Gasteiger partial charge in [0.05, 0.1) is 22.2 Å². The van der Waals surface area contributed by atoms with E-state index in [1.807, 2.05) is 17.8 Å². The Morgan fingerprint density at radius 1 is 1.31 bits per heavy atom. The van der Waals surface area contributed by atoms with E-state index in [1.165, 1.54) is 11.4 Å². The summed E-state index contributed by atoms with van der Waals surface area (Å²) in [5.41, 5.74) is 4.88. The minimum absolute atomic E-state index is 0.0150. The van der Waals surface area contributed by atoms with Gasteiger partial charge in [-0.15, -0.1) is 11.3 Å². The van der Waals surface area contributed by atoms with Crippen molar-refractivity contribution < 1.29 is 18.0 Å². The van der Waals surface area contributed by atoms with Crippen LogP contribution in [0.25, 0.3) is 10.6 Å². The highest BCUT2D eigenvalue weighted by molar-refractivity contribution is 7.13. The van der Waals surface area contributed by atoms with Gasteiger partial charge in [-0.3, -0.25) is 9.48 Å². The van der Waals surface area contributed by atoms with Crippen molar-refractivity contribution in [1.29, 1.82) is 0 Å². The van der Waals surface area contributed by atoms with Crippen LogP contribution in [0.4, 0.5) is 24.9 Å². The average Bonchev–Trinajstić information content (AvgIpc) is 3.35. The Hall–Kier alpha value is -2.99. The highest BCUT2D eigenvalue weighted by Crippen LogP contribution is 2.38. The Balaban J connectivity index is 1.64. The Bertz CT molecular complexity index is 1130. The summed E-state index contributed by atoms with van der Waals surface area (Å²) < 4.78 is 42.6. The van der Waals surface area contributed by atoms with E-state index in [1.54, 1.807) is 0 Å². The number of carbonyl (C=O) groups excluding carboxylic acids is 1. The lowest BCUT2D eigenvalue weighted by atomic mass is 10.1. The SMILES string of the molecule is Cc1cn(C2CCN(C)CC2)nc1Nc1ncc(C(F)(F)F)c(-c2cc(C(N)=O)cs2)n1. The molecule has 1 amide bonds. The number of nitrogens with two attached hydrogens (primary N) is 1. The molecule has 0 saturated carbocycles. The highest BCUT2D eigenvalue weighted by Gasteiger charge is 2.36. The molecule has 0 aromatic carbocycles. The van der Waals surface area contributed by atoms with E-state index in [9.17, 15) is 18.0 Å². The normalized spacial score (nSPS) is 15.8. The molecule has 1 fully saturated rings. The summed E-state index contributed by atoms with van der Waals surface area (Å²) >= 11 is 0.960. The van der Waals surface area contributed by atoms with E-state index in [0.29, 0.717) is 5.82 Å². The van der Waals surface area contributed by atoms with Crippen LogP contribution in [0, 0.1) is 6.92 Å². The summed E-state index contributed by atoms with van der Waals surface area (Å²) in [6.45, 7) is 3.82. The zero-order valence-corrected chi connectivity index (χ0v) is 18.3. The van der Waals surface area contributed by atoms with E-state index in [0.717, 1.165) is 49.0 Å². The summed E-state index contributed by atoms with van der Waals surface area (Å²) in [7, 11) is 2.08. The van der Waals surface area contributed by atoms with Gasteiger partial charge < -0.3 is 16.0 Å². The first-order valence-corrected chi connectivity index (χ1v) is 10.8. The molecule has 3 aromatic heterocycles. The number of nitrogens with zero attached hydrogens (tertiary/aromatic N) is 5. The van der Waals surface area contributed by atoms with Crippen LogP contribution in [0.3, 0.4) is 0 Å². The predicted octanol–water partition coefficient (Wildman–Crippen LogP) is 3.84. The molecule has 3 N–H and O–H groups in total. The molecule has 0 aliphatic carbocycles. The molecule has 32 heavy (non-hydrogen) atoms. The van der Waals surface area contributed by atoms with E-state index >= 15 is 0 Å². The number of hydrogen-bond donors (Lipinski definition) is 2. The molecule has 8 nitrogen and oxygen atoms in total. The number of hydrogen-bond acceptors (Lipinski definition) is 7. The van der Waals surface area contributed by atoms with Gasteiger partial charge in [0.1, 0.15) is 5.56 Å². The van der Waals surface area contributed by atoms with Crippen LogP contribution in [0.2, 0.25) is 0 Å². The van der Waals surface area contributed by atoms with Gasteiger partial charge in [0, 0.05) is 23.3 Å². The fourth-order valence-corrected chi connectivity index (χ4v) is 4.49. The number of alkyl halides is 3. The standard InChI is InChI=1S/C20H22F3N7OS/c1-11-9-30(13-3-5-29(2)6-4-13)28-18(11)27-19-25-8-14(20(21,22)23)16(26-19)15-7-12(10-32-15)17(24)31/h7-10,13H,3-6H2,1-2H3,(H2,24,31)(H,25,26,27,28). The number of aryl methyl sites for hydroxylation is 1. The first-order chi connectivity index (χ1) is 15.1. The van der Waals surface area contributed by atoms with E-state index in [-0.39, 0.29) is 28.1 Å². The number of halogens is 3. The molecule has 0 unspecified atom stereocenters. The number of piperidine rings is 1. The maximum atomic E-state index is 13.6. The monoisotopic (exact) mass is 465 g/mol. The second-order valence-corrected chi connectivity index (χ2v) is 8.73. The van der Waals surface area contributed by atoms with E-state index in [4.69, 9.17) is 5.73 Å². The first-order valence-electron chi connectivity index (χ1n) is 9.96. The number of amides is 1. The summed E-state index contributed by atoms with van der Waals surface area (Å²) in [5.74, 6) is -0.249. The fraction of sp³-hybridized carbons (Fsp3) is 0.400. The van der Waals surface area contributed by atoms with Gasteiger partial charge in [0.2, 0.25) is 11.9 Å². The van der Waals surface area contributed by atoms with Crippen LogP contribution < -0.4 is 11.1 Å². The van der Waals surface area contributed by atoms with Gasteiger partial charge >= 0.3 is 6.18 Å². The zero-order chi connectivity index (χ0) is 23.0. The molecule has 1 saturated heterocycles. The molecule has 0 bridgehead atoms. The molecule has 1 aliphatic heterocycles. The maximum Gasteiger partial charge on any atom is 0.420 e. The fourth-order valence-electron chi connectivity index (χ4n) is 3.59. The van der Waals surface area contributed by atoms with Crippen molar-refractivity contribution in [3.8, 4) is 10.6 Å². The van der Waals surface area contributed by atoms with Gasteiger partial charge in [-0.05, 0) is 46.0 Å². The molecular formula is C20H22F3N7OS. The highest BCUT2D eigenvalue weighted by atomic mass is 32.1. The predicted molar refractivity (Wildman–Crippen MR) is 115 cm³/mol. The Morgan fingerprint density at radius 2 is 2.03 bits per heavy atom. The minimum atomic E-state index is -4.66. The summed E-state index contributed by atoms with van der Waals surface area (Å²) in [4.78, 5) is 21.8. The third-order valence-electron chi connectivity index (χ3n) is 5.42. The van der Waals surface area contributed by atoms with Crippen LogP contribution in [0.15, 0.2) is 23.8 Å². The van der Waals surface area contributed by atoms with Gasteiger partial charge in [0.25, 0.3) is 0 Å². The second-order valence-electron chi connectivity index (χ2n) is 7.82. The molecule has 0 radical (unpaired) electrons. The van der Waals surface area contributed by atoms with Crippen molar-refractivity contribution >= 4 is 29.0 Å². The molecule has 4 heterocycles. The lowest BCUT2D eigenvalue weighted by molar-refractivity contribution is -0.137. The summed E-state index contributed by atoms with van der Waals surface area (Å²) in [5, 5.41) is 8.92. The smallest absolute Gasteiger partial charge is 0.366 e. The van der Waals surface area contributed by atoms with E-state index in [2.05, 4.69) is 32.3 Å². The van der Waals surface area contributed by atoms with Crippen LogP contribution in [-0.4, -0.2) is 50.7 Å². The van der Waals surface area contributed by atoms with Gasteiger partial charge in [0.15, 0.2) is 5.82 Å². The van der Waals surface area contributed by atoms with E-state index < -0.39 is 17.6 Å². The Kier molecular flexibility index (Phi) is 5.91. The number of thiophene rings is 1. The number of carbonyl (C=O) groups is 1. The van der Waals surface area contributed by atoms with Crippen molar-refractivity contribution in [3.05, 3.63) is 40.5 Å². The molecule has 0 spiro atoms. The molecule has 170 valence electrons. The van der Waals surface area contributed by atoms with Crippen LogP contribution >= 0.6 is 11.3 Å². The number of aromatic nitrogens is 4. The summed E-state index contributed by atoms with van der Waals surface area (Å²) in [6.07, 6.45) is -0.0627. The molecule has 12 heteroatoms. The van der Waals surface area contributed by atoms with Crippen molar-refractivity contribution in [1.82, 2.24) is 24.6 Å². The van der Waals surface area contributed by atoms with Crippen molar-refractivity contribution in [2.75, 3.05) is 25.5 Å². The van der Waals surface area contributed by atoms with Gasteiger partial charge in [-0.1, -0.05) is 0 Å². The zero-order valence-electron chi connectivity index (χ0n) is 17.5. The quantitative estimate of drug-likeness (QED) is 0.594. The lowest BCUT2D eigenvalue weighted by Gasteiger charge is -2.28. The van der Waals surface area contributed by atoms with Crippen molar-refractivity contribution in [2.45, 2.75) is 32.0 Å². The maximum absolute atomic E-state index is 13.6. The molecule has 3 aromatic rings. The number of likely N-dealkylation sites (tertiary alicyclic amines) is 1. The third-order valence-corrected chi connectivity index (χ3v) is 6.36. The largest absolute Gasteiger partial charge is 0.420 e. The molecule has 4 rings (SSSR count). The van der Waals surface area contributed by atoms with Crippen molar-refractivity contribution in [3.63, 3.8) is 0 Å². The number of primary amides is 1. The third kappa shape index (κ3) is 4.60. The van der Waals surface area contributed by atoms with Crippen LogP contribution in [0.1, 0.15) is 40.4 Å². The second kappa shape index (κ2) is 8.51. The van der Waals surface area contributed by atoms with Crippen LogP contribution in [-0.2, 0) is 6.18 Å². The topological polar surface area (TPSA) is 102 Å². The molecule has 1 aliphatic rings. The first kappa shape index (κ1) is 22.2. The Labute approximate surface area is 186 Å². The number of nitrogens with one attached hydrogen (secondary N) is 1. The average molecular weight is 466 g/mol. The van der Waals surface area contributed by atoms with Gasteiger partial charge in [-0.2, -0.15) is 18.3 Å². The van der Waals surface area contributed by atoms with Crippen molar-refractivity contribution in [2.24, 2.45) is 5.73 Å². The van der Waals surface area contributed by atoms with Gasteiger partial charge in [-0.25, -0.2) is 9.97 Å². The number of anilines is 2. The van der Waals surface area contributed by atoms with Crippen LogP contribution in [0.5, 0.6) is 0 Å². The molecular weight excluding hydrogens is 443 g/mol. The Morgan fingerprint density at radius 3 is 2.66 bits per heavy atom. The minimum Gasteiger partial charge on any atom is -0.366 e. The number of rotatable bonds is 5. The lowest BCUT2D eigenvalue weighted by Crippen LogP contribution is -2.31. The molecule has 0 atom stereocenters. The summed E-state index contributed by atoms with van der Waals surface area (Å²) in [6, 6.07) is 1.57.